The molecule has 0 radical (unpaired) electrons. The first-order valence-electron chi connectivity index (χ1n) is 10.2. The lowest BCUT2D eigenvalue weighted by Crippen LogP contribution is -2.49. The minimum absolute atomic E-state index is 0.0683. The van der Waals surface area contributed by atoms with Crippen LogP contribution in [0.5, 0.6) is 0 Å². The molecule has 27 heavy (non-hydrogen) atoms. The molecule has 0 saturated carbocycles. The number of nitrogens with zero attached hydrogens (tertiary/aromatic N) is 6. The van der Waals surface area contributed by atoms with Crippen LogP contribution in [0.15, 0.2) is 30.3 Å². The maximum atomic E-state index is 4.46. The van der Waals surface area contributed by atoms with Gasteiger partial charge in [0.25, 0.3) is 0 Å². The molecule has 3 rings (SSSR count). The molecule has 1 saturated heterocycles. The molecule has 1 aromatic carbocycles. The summed E-state index contributed by atoms with van der Waals surface area (Å²) in [6.07, 6.45) is 1.00. The predicted molar refractivity (Wildman–Crippen MR) is 108 cm³/mol. The van der Waals surface area contributed by atoms with E-state index in [4.69, 9.17) is 0 Å². The molecule has 0 amide bonds. The summed E-state index contributed by atoms with van der Waals surface area (Å²) < 4.78 is 2.05. The highest BCUT2D eigenvalue weighted by atomic mass is 15.6. The molecule has 6 heteroatoms. The monoisotopic (exact) mass is 370 g/mol. The van der Waals surface area contributed by atoms with Crippen LogP contribution >= 0.6 is 0 Å². The van der Waals surface area contributed by atoms with Crippen molar-refractivity contribution in [1.29, 1.82) is 0 Å². The molecule has 0 spiro atoms. The Bertz CT molecular complexity index is 700. The standard InChI is InChI=1S/C21H34N6/c1-6-21(4,5)27-20(22-23-24-27)19(17(2)3)26-14-12-25(13-15-26)16-18-10-8-7-9-11-18/h7-11,17,19H,6,12-16H2,1-5H3/t19-/m0/s1. The van der Waals surface area contributed by atoms with Crippen molar-refractivity contribution in [2.45, 2.75) is 59.2 Å². The average Bonchev–Trinajstić information content (AvgIpc) is 3.14. The molecule has 1 aromatic heterocycles. The SMILES string of the molecule is CCC(C)(C)n1nnnc1[C@H](C(C)C)N1CCN(Cc2ccccc2)CC1. The van der Waals surface area contributed by atoms with Gasteiger partial charge in [0.05, 0.1) is 11.6 Å². The van der Waals surface area contributed by atoms with Crippen LogP contribution < -0.4 is 0 Å². The van der Waals surface area contributed by atoms with Gasteiger partial charge in [0, 0.05) is 32.7 Å². The predicted octanol–water partition coefficient (Wildman–Crippen LogP) is 3.33. The van der Waals surface area contributed by atoms with Crippen molar-refractivity contribution < 1.29 is 0 Å². The molecule has 1 fully saturated rings. The molecule has 2 heterocycles. The molecule has 1 aliphatic heterocycles. The van der Waals surface area contributed by atoms with Crippen molar-refractivity contribution in [1.82, 2.24) is 30.0 Å². The number of benzene rings is 1. The molecule has 2 aromatic rings. The summed E-state index contributed by atoms with van der Waals surface area (Å²) in [5, 5.41) is 12.8. The fraction of sp³-hybridized carbons (Fsp3) is 0.667. The molecule has 0 unspecified atom stereocenters. The first-order chi connectivity index (χ1) is 12.9. The Morgan fingerprint density at radius 1 is 1.04 bits per heavy atom. The zero-order chi connectivity index (χ0) is 19.4. The fourth-order valence-electron chi connectivity index (χ4n) is 3.88. The lowest BCUT2D eigenvalue weighted by Gasteiger charge is -2.41. The Hall–Kier alpha value is -1.79. The van der Waals surface area contributed by atoms with Crippen LogP contribution in [0.25, 0.3) is 0 Å². The van der Waals surface area contributed by atoms with Gasteiger partial charge in [-0.15, -0.1) is 5.10 Å². The normalized spacial score (nSPS) is 18.1. The van der Waals surface area contributed by atoms with Crippen molar-refractivity contribution in [2.24, 2.45) is 5.92 Å². The minimum Gasteiger partial charge on any atom is -0.297 e. The van der Waals surface area contributed by atoms with Crippen molar-refractivity contribution in [3.8, 4) is 0 Å². The Morgan fingerprint density at radius 3 is 2.30 bits per heavy atom. The summed E-state index contributed by atoms with van der Waals surface area (Å²) in [6, 6.07) is 11.0. The number of rotatable bonds is 7. The second kappa shape index (κ2) is 8.48. The van der Waals surface area contributed by atoms with Crippen LogP contribution in [0.3, 0.4) is 0 Å². The van der Waals surface area contributed by atoms with Crippen molar-refractivity contribution in [3.63, 3.8) is 0 Å². The maximum Gasteiger partial charge on any atom is 0.169 e. The highest BCUT2D eigenvalue weighted by Crippen LogP contribution is 2.31. The number of hydrogen-bond donors (Lipinski definition) is 0. The summed E-state index contributed by atoms with van der Waals surface area (Å²) in [6.45, 7) is 16.5. The fourth-order valence-corrected chi connectivity index (χ4v) is 3.88. The van der Waals surface area contributed by atoms with Gasteiger partial charge in [-0.3, -0.25) is 9.80 Å². The zero-order valence-electron chi connectivity index (χ0n) is 17.5. The van der Waals surface area contributed by atoms with Gasteiger partial charge >= 0.3 is 0 Å². The van der Waals surface area contributed by atoms with Gasteiger partial charge in [-0.1, -0.05) is 51.1 Å². The molecule has 0 N–H and O–H groups in total. The topological polar surface area (TPSA) is 50.1 Å². The van der Waals surface area contributed by atoms with E-state index in [0.717, 1.165) is 45.0 Å². The quantitative estimate of drug-likeness (QED) is 0.748. The number of hydrogen-bond acceptors (Lipinski definition) is 5. The van der Waals surface area contributed by atoms with E-state index in [-0.39, 0.29) is 11.6 Å². The van der Waals surface area contributed by atoms with Crippen LogP contribution in [0.4, 0.5) is 0 Å². The average molecular weight is 371 g/mol. The highest BCUT2D eigenvalue weighted by Gasteiger charge is 2.34. The third-order valence-corrected chi connectivity index (χ3v) is 5.88. The summed E-state index contributed by atoms with van der Waals surface area (Å²) in [7, 11) is 0. The van der Waals surface area contributed by atoms with E-state index in [1.54, 1.807) is 0 Å². The molecule has 1 atom stereocenters. The van der Waals surface area contributed by atoms with E-state index in [1.807, 2.05) is 4.68 Å². The zero-order valence-corrected chi connectivity index (χ0v) is 17.5. The summed E-state index contributed by atoms with van der Waals surface area (Å²) in [5.41, 5.74) is 1.32. The van der Waals surface area contributed by atoms with E-state index >= 15 is 0 Å². The molecular formula is C21H34N6. The largest absolute Gasteiger partial charge is 0.297 e. The number of tetrazole rings is 1. The van der Waals surface area contributed by atoms with Gasteiger partial charge in [0.2, 0.25) is 0 Å². The smallest absolute Gasteiger partial charge is 0.169 e. The number of piperazine rings is 1. The maximum absolute atomic E-state index is 4.46. The third kappa shape index (κ3) is 4.55. The van der Waals surface area contributed by atoms with E-state index in [2.05, 4.69) is 90.3 Å². The Kier molecular flexibility index (Phi) is 6.27. The number of aromatic nitrogens is 4. The Morgan fingerprint density at radius 2 is 1.70 bits per heavy atom. The van der Waals surface area contributed by atoms with E-state index in [1.165, 1.54) is 5.56 Å². The van der Waals surface area contributed by atoms with Crippen LogP contribution in [0.2, 0.25) is 0 Å². The Balaban J connectivity index is 1.70. The van der Waals surface area contributed by atoms with Gasteiger partial charge in [0.15, 0.2) is 5.82 Å². The minimum atomic E-state index is -0.0683. The molecule has 148 valence electrons. The lowest BCUT2D eigenvalue weighted by atomic mass is 9.97. The van der Waals surface area contributed by atoms with Gasteiger partial charge in [-0.2, -0.15) is 0 Å². The van der Waals surface area contributed by atoms with Crippen LogP contribution in [0.1, 0.15) is 58.5 Å². The van der Waals surface area contributed by atoms with Crippen LogP contribution in [-0.2, 0) is 12.1 Å². The lowest BCUT2D eigenvalue weighted by molar-refractivity contribution is 0.0631. The molecular weight excluding hydrogens is 336 g/mol. The summed E-state index contributed by atoms with van der Waals surface area (Å²) in [5.74, 6) is 1.47. The van der Waals surface area contributed by atoms with E-state index in [0.29, 0.717) is 5.92 Å². The van der Waals surface area contributed by atoms with Crippen LogP contribution in [0, 0.1) is 5.92 Å². The second-order valence-electron chi connectivity index (χ2n) is 8.60. The van der Waals surface area contributed by atoms with E-state index < -0.39 is 0 Å². The van der Waals surface area contributed by atoms with Gasteiger partial charge < -0.3 is 0 Å². The molecule has 6 nitrogen and oxygen atoms in total. The first kappa shape index (κ1) is 20.0. The summed E-state index contributed by atoms with van der Waals surface area (Å²) >= 11 is 0. The highest BCUT2D eigenvalue weighted by molar-refractivity contribution is 5.14. The second-order valence-corrected chi connectivity index (χ2v) is 8.60. The van der Waals surface area contributed by atoms with E-state index in [9.17, 15) is 0 Å². The van der Waals surface area contributed by atoms with Gasteiger partial charge in [0.1, 0.15) is 0 Å². The van der Waals surface area contributed by atoms with Crippen molar-refractivity contribution >= 4 is 0 Å². The third-order valence-electron chi connectivity index (χ3n) is 5.88. The Labute approximate surface area is 163 Å². The molecule has 1 aliphatic rings. The van der Waals surface area contributed by atoms with Crippen molar-refractivity contribution in [3.05, 3.63) is 41.7 Å². The van der Waals surface area contributed by atoms with Crippen LogP contribution in [-0.4, -0.2) is 56.2 Å². The van der Waals surface area contributed by atoms with Crippen molar-refractivity contribution in [2.75, 3.05) is 26.2 Å². The molecule has 0 aliphatic carbocycles. The first-order valence-corrected chi connectivity index (χ1v) is 10.2. The molecule has 0 bridgehead atoms. The van der Waals surface area contributed by atoms with Gasteiger partial charge in [-0.25, -0.2) is 4.68 Å². The van der Waals surface area contributed by atoms with Gasteiger partial charge in [-0.05, 0) is 42.2 Å². The summed E-state index contributed by atoms with van der Waals surface area (Å²) in [4.78, 5) is 5.11.